The number of nitrogens with one attached hydrogen (secondary N) is 1. The molecule has 0 saturated carbocycles. The maximum atomic E-state index is 5.90. The molecule has 0 aliphatic rings. The van der Waals surface area contributed by atoms with E-state index in [-0.39, 0.29) is 0 Å². The number of rotatable bonds is 5. The fraction of sp³-hybridized carbons (Fsp3) is 0.273. The third-order valence-corrected chi connectivity index (χ3v) is 3.61. The van der Waals surface area contributed by atoms with E-state index < -0.39 is 0 Å². The van der Waals surface area contributed by atoms with Crippen molar-refractivity contribution in [3.05, 3.63) is 33.3 Å². The van der Waals surface area contributed by atoms with Gasteiger partial charge in [-0.15, -0.1) is 5.10 Å². The van der Waals surface area contributed by atoms with E-state index in [0.29, 0.717) is 27.5 Å². The average Bonchev–Trinajstić information content (AvgIpc) is 2.79. The second-order valence-electron chi connectivity index (χ2n) is 3.42. The average molecular weight is 304 g/mol. The summed E-state index contributed by atoms with van der Waals surface area (Å²) >= 11 is 13.1. The fourth-order valence-electron chi connectivity index (χ4n) is 1.22. The molecule has 2 rings (SSSR count). The summed E-state index contributed by atoms with van der Waals surface area (Å²) in [5.41, 5.74) is 0. The van der Waals surface area contributed by atoms with E-state index in [1.807, 2.05) is 6.92 Å². The van der Waals surface area contributed by atoms with Crippen molar-refractivity contribution in [2.45, 2.75) is 13.5 Å². The highest BCUT2D eigenvalue weighted by Crippen LogP contribution is 2.30. The van der Waals surface area contributed by atoms with Crippen molar-refractivity contribution in [2.75, 3.05) is 6.54 Å². The maximum Gasteiger partial charge on any atom is 0.299 e. The lowest BCUT2D eigenvalue weighted by Crippen LogP contribution is -2.11. The van der Waals surface area contributed by atoms with Gasteiger partial charge in [-0.05, 0) is 18.7 Å². The zero-order chi connectivity index (χ0) is 13.0. The van der Waals surface area contributed by atoms with Crippen molar-refractivity contribution in [2.24, 2.45) is 0 Å². The highest BCUT2D eigenvalue weighted by Gasteiger charge is 2.07. The molecule has 0 saturated heterocycles. The van der Waals surface area contributed by atoms with Crippen molar-refractivity contribution in [3.63, 3.8) is 0 Å². The molecule has 0 bridgehead atoms. The monoisotopic (exact) mass is 303 g/mol. The minimum Gasteiger partial charge on any atom is -0.430 e. The molecular formula is C11H11Cl2N3OS. The van der Waals surface area contributed by atoms with Crippen LogP contribution in [0.2, 0.25) is 10.0 Å². The van der Waals surface area contributed by atoms with Crippen LogP contribution >= 0.6 is 34.5 Å². The number of aromatic nitrogens is 2. The maximum absolute atomic E-state index is 5.90. The van der Waals surface area contributed by atoms with Crippen molar-refractivity contribution < 1.29 is 4.74 Å². The van der Waals surface area contributed by atoms with Gasteiger partial charge in [0.15, 0.2) is 0 Å². The molecule has 1 aromatic heterocycles. The summed E-state index contributed by atoms with van der Waals surface area (Å²) in [7, 11) is 0. The van der Waals surface area contributed by atoms with E-state index in [4.69, 9.17) is 27.9 Å². The van der Waals surface area contributed by atoms with Gasteiger partial charge in [0.1, 0.15) is 10.8 Å². The molecule has 4 nitrogen and oxygen atoms in total. The highest BCUT2D eigenvalue weighted by molar-refractivity contribution is 7.13. The van der Waals surface area contributed by atoms with Gasteiger partial charge in [-0.3, -0.25) is 0 Å². The molecule has 0 unspecified atom stereocenters. The first-order valence-electron chi connectivity index (χ1n) is 5.35. The molecule has 0 aliphatic carbocycles. The summed E-state index contributed by atoms with van der Waals surface area (Å²) in [5, 5.41) is 13.4. The molecule has 1 N–H and O–H groups in total. The van der Waals surface area contributed by atoms with Crippen LogP contribution in [-0.4, -0.2) is 16.7 Å². The summed E-state index contributed by atoms with van der Waals surface area (Å²) in [5.74, 6) is 0.593. The minimum absolute atomic E-state index is 0.451. The number of benzene rings is 1. The van der Waals surface area contributed by atoms with Crippen LogP contribution in [0.25, 0.3) is 0 Å². The molecule has 1 aromatic carbocycles. The molecule has 2 aromatic rings. The van der Waals surface area contributed by atoms with Crippen LogP contribution in [0, 0.1) is 0 Å². The van der Waals surface area contributed by atoms with Gasteiger partial charge in [-0.25, -0.2) is 0 Å². The first kappa shape index (κ1) is 13.5. The molecule has 0 aliphatic heterocycles. The lowest BCUT2D eigenvalue weighted by Gasteiger charge is -2.02. The van der Waals surface area contributed by atoms with E-state index in [1.165, 1.54) is 11.3 Å². The van der Waals surface area contributed by atoms with E-state index >= 15 is 0 Å². The lowest BCUT2D eigenvalue weighted by molar-refractivity contribution is 0.473. The fourth-order valence-corrected chi connectivity index (χ4v) is 2.19. The number of nitrogens with zero attached hydrogens (tertiary/aromatic N) is 2. The molecule has 0 fully saturated rings. The van der Waals surface area contributed by atoms with Crippen LogP contribution in [0.4, 0.5) is 0 Å². The molecule has 0 atom stereocenters. The third-order valence-electron chi connectivity index (χ3n) is 2.07. The SMILES string of the molecule is CCNCc1nnc(Oc2ccc(Cl)c(Cl)c2)s1. The Bertz CT molecular complexity index is 533. The summed E-state index contributed by atoms with van der Waals surface area (Å²) in [6.45, 7) is 3.62. The Balaban J connectivity index is 2.04. The highest BCUT2D eigenvalue weighted by atomic mass is 35.5. The molecular weight excluding hydrogens is 293 g/mol. The number of halogens is 2. The standard InChI is InChI=1S/C11H11Cl2N3OS/c1-2-14-6-10-15-16-11(18-10)17-7-3-4-8(12)9(13)5-7/h3-5,14H,2,6H2,1H3. The Morgan fingerprint density at radius 2 is 2.11 bits per heavy atom. The first-order valence-corrected chi connectivity index (χ1v) is 6.92. The predicted molar refractivity (Wildman–Crippen MR) is 73.8 cm³/mol. The molecule has 0 spiro atoms. The zero-order valence-electron chi connectivity index (χ0n) is 9.61. The van der Waals surface area contributed by atoms with Crippen LogP contribution in [0.3, 0.4) is 0 Å². The number of hydrogen-bond acceptors (Lipinski definition) is 5. The van der Waals surface area contributed by atoms with Gasteiger partial charge < -0.3 is 10.1 Å². The first-order chi connectivity index (χ1) is 8.69. The summed E-state index contributed by atoms with van der Waals surface area (Å²) in [6, 6.07) is 5.06. The largest absolute Gasteiger partial charge is 0.430 e. The van der Waals surface area contributed by atoms with Crippen molar-refractivity contribution >= 4 is 34.5 Å². The van der Waals surface area contributed by atoms with E-state index in [0.717, 1.165) is 11.6 Å². The summed E-state index contributed by atoms with van der Waals surface area (Å²) in [6.07, 6.45) is 0. The lowest BCUT2D eigenvalue weighted by atomic mass is 10.3. The molecule has 7 heteroatoms. The molecule has 18 heavy (non-hydrogen) atoms. The van der Waals surface area contributed by atoms with Crippen molar-refractivity contribution in [1.82, 2.24) is 15.5 Å². The van der Waals surface area contributed by atoms with Gasteiger partial charge >= 0.3 is 0 Å². The van der Waals surface area contributed by atoms with E-state index in [1.54, 1.807) is 18.2 Å². The summed E-state index contributed by atoms with van der Waals surface area (Å²) in [4.78, 5) is 0. The Morgan fingerprint density at radius 1 is 1.28 bits per heavy atom. The normalized spacial score (nSPS) is 10.6. The molecule has 96 valence electrons. The van der Waals surface area contributed by atoms with Gasteiger partial charge in [0.2, 0.25) is 0 Å². The third kappa shape index (κ3) is 3.55. The number of ether oxygens (including phenoxy) is 1. The quantitative estimate of drug-likeness (QED) is 0.914. The smallest absolute Gasteiger partial charge is 0.299 e. The number of hydrogen-bond donors (Lipinski definition) is 1. The second-order valence-corrected chi connectivity index (χ2v) is 5.26. The van der Waals surface area contributed by atoms with Crippen LogP contribution in [0.15, 0.2) is 18.2 Å². The minimum atomic E-state index is 0.451. The Morgan fingerprint density at radius 3 is 2.83 bits per heavy atom. The van der Waals surface area contributed by atoms with Gasteiger partial charge in [-0.2, -0.15) is 0 Å². The Kier molecular flexibility index (Phi) is 4.77. The van der Waals surface area contributed by atoms with Crippen LogP contribution in [0.1, 0.15) is 11.9 Å². The van der Waals surface area contributed by atoms with Crippen molar-refractivity contribution in [3.8, 4) is 10.9 Å². The van der Waals surface area contributed by atoms with Gasteiger partial charge in [0, 0.05) is 12.6 Å². The molecule has 0 radical (unpaired) electrons. The van der Waals surface area contributed by atoms with Gasteiger partial charge in [0.05, 0.1) is 10.0 Å². The predicted octanol–water partition coefficient (Wildman–Crippen LogP) is 3.75. The van der Waals surface area contributed by atoms with Crippen LogP contribution in [-0.2, 0) is 6.54 Å². The molecule has 1 heterocycles. The van der Waals surface area contributed by atoms with Crippen LogP contribution in [0.5, 0.6) is 10.9 Å². The Labute approximate surface area is 119 Å². The van der Waals surface area contributed by atoms with Gasteiger partial charge in [0.25, 0.3) is 5.19 Å². The molecule has 0 amide bonds. The zero-order valence-corrected chi connectivity index (χ0v) is 11.9. The van der Waals surface area contributed by atoms with Crippen molar-refractivity contribution in [1.29, 1.82) is 0 Å². The second kappa shape index (κ2) is 6.33. The topological polar surface area (TPSA) is 47.0 Å². The van der Waals surface area contributed by atoms with Gasteiger partial charge in [-0.1, -0.05) is 46.6 Å². The Hall–Kier alpha value is -0.880. The van der Waals surface area contributed by atoms with E-state index in [2.05, 4.69) is 15.5 Å². The summed E-state index contributed by atoms with van der Waals surface area (Å²) < 4.78 is 5.55. The van der Waals surface area contributed by atoms with Crippen LogP contribution < -0.4 is 10.1 Å². The van der Waals surface area contributed by atoms with E-state index in [9.17, 15) is 0 Å².